The van der Waals surface area contributed by atoms with Gasteiger partial charge in [0.05, 0.1) is 10.6 Å². The Balaban J connectivity index is 3.10. The molecule has 0 bridgehead atoms. The summed E-state index contributed by atoms with van der Waals surface area (Å²) in [5.74, 6) is 0. The number of hydrogen-bond acceptors (Lipinski definition) is 7. The molecule has 0 saturated heterocycles. The zero-order valence-corrected chi connectivity index (χ0v) is 13.4. The van der Waals surface area contributed by atoms with Crippen LogP contribution in [0.4, 0.5) is 5.69 Å². The molecule has 0 heterocycles. The Kier molecular flexibility index (Phi) is 3.91. The lowest BCUT2D eigenvalue weighted by molar-refractivity contribution is 0.478. The number of anilines is 1. The second-order valence-corrected chi connectivity index (χ2v) is 8.66. The van der Waals surface area contributed by atoms with Gasteiger partial charge in [-0.25, -0.2) is 0 Å². The summed E-state index contributed by atoms with van der Waals surface area (Å²) in [6.07, 6.45) is 0. The van der Waals surface area contributed by atoms with Gasteiger partial charge in [0.2, 0.25) is 0 Å². The number of rotatable bonds is 3. The standard InChI is InChI=1S/C10H9NO9S3/c11-8-2-5-1-6(21(12,13)14)3-9(22(15,16)17)7(5)4-10(8)23(18,19)20/h1-4H,11H2,(H,12,13,14)(H,15,16,17)(H,18,19,20). The number of hydrogen-bond donors (Lipinski definition) is 4. The Morgan fingerprint density at radius 1 is 0.696 bits per heavy atom. The van der Waals surface area contributed by atoms with Gasteiger partial charge >= 0.3 is 0 Å². The molecule has 0 atom stereocenters. The van der Waals surface area contributed by atoms with E-state index in [0.29, 0.717) is 12.1 Å². The zero-order valence-electron chi connectivity index (χ0n) is 10.9. The third-order valence-corrected chi connectivity index (χ3v) is 5.51. The third kappa shape index (κ3) is 3.44. The van der Waals surface area contributed by atoms with E-state index in [4.69, 9.17) is 14.8 Å². The van der Waals surface area contributed by atoms with Gasteiger partial charge in [-0.15, -0.1) is 0 Å². The molecular weight excluding hydrogens is 374 g/mol. The summed E-state index contributed by atoms with van der Waals surface area (Å²) < 4.78 is 94.9. The topological polar surface area (TPSA) is 189 Å². The lowest BCUT2D eigenvalue weighted by Gasteiger charge is -2.10. The predicted octanol–water partition coefficient (Wildman–Crippen LogP) is 0.162. The highest BCUT2D eigenvalue weighted by Gasteiger charge is 2.23. The Morgan fingerprint density at radius 2 is 1.22 bits per heavy atom. The minimum absolute atomic E-state index is 0.197. The van der Waals surface area contributed by atoms with E-state index < -0.39 is 56.1 Å². The first-order chi connectivity index (χ1) is 10.2. The van der Waals surface area contributed by atoms with Crippen molar-refractivity contribution in [3.63, 3.8) is 0 Å². The van der Waals surface area contributed by atoms with Gasteiger partial charge < -0.3 is 5.73 Å². The van der Waals surface area contributed by atoms with Crippen LogP contribution in [0.5, 0.6) is 0 Å². The second kappa shape index (κ2) is 5.12. The summed E-state index contributed by atoms with van der Waals surface area (Å²) in [4.78, 5) is -2.65. The van der Waals surface area contributed by atoms with E-state index in [2.05, 4.69) is 0 Å². The number of nitrogen functional groups attached to an aromatic ring is 1. The Bertz CT molecular complexity index is 1130. The molecule has 0 aliphatic rings. The van der Waals surface area contributed by atoms with E-state index in [1.807, 2.05) is 0 Å². The normalized spacial score (nSPS) is 13.3. The molecule has 0 saturated carbocycles. The van der Waals surface area contributed by atoms with Crippen LogP contribution < -0.4 is 5.73 Å². The summed E-state index contributed by atoms with van der Waals surface area (Å²) in [6, 6.07) is 2.80. The van der Waals surface area contributed by atoms with E-state index in [0.717, 1.165) is 12.1 Å². The van der Waals surface area contributed by atoms with E-state index in [1.165, 1.54) is 0 Å². The molecule has 0 fully saturated rings. The van der Waals surface area contributed by atoms with Crippen molar-refractivity contribution in [1.29, 1.82) is 0 Å². The van der Waals surface area contributed by atoms with Crippen LogP contribution in [-0.4, -0.2) is 38.9 Å². The van der Waals surface area contributed by atoms with Crippen molar-refractivity contribution in [2.75, 3.05) is 5.73 Å². The minimum atomic E-state index is -4.98. The highest BCUT2D eigenvalue weighted by atomic mass is 32.2. The van der Waals surface area contributed by atoms with Crippen LogP contribution in [0.15, 0.2) is 39.0 Å². The molecule has 0 unspecified atom stereocenters. The van der Waals surface area contributed by atoms with Crippen LogP contribution in [0.1, 0.15) is 0 Å². The maximum absolute atomic E-state index is 11.4. The van der Waals surface area contributed by atoms with Gasteiger partial charge in [0.1, 0.15) is 9.79 Å². The van der Waals surface area contributed by atoms with Gasteiger partial charge in [-0.2, -0.15) is 25.3 Å². The summed E-state index contributed by atoms with van der Waals surface area (Å²) in [5, 5.41) is -0.612. The summed E-state index contributed by atoms with van der Waals surface area (Å²) in [6.45, 7) is 0. The van der Waals surface area contributed by atoms with Gasteiger partial charge in [-0.3, -0.25) is 13.7 Å². The molecule has 2 aromatic carbocycles. The molecule has 2 rings (SSSR count). The molecule has 0 amide bonds. The average Bonchev–Trinajstić information content (AvgIpc) is 2.32. The van der Waals surface area contributed by atoms with Gasteiger partial charge in [-0.05, 0) is 29.7 Å². The fourth-order valence-corrected chi connectivity index (χ4v) is 3.91. The van der Waals surface area contributed by atoms with E-state index in [9.17, 15) is 29.8 Å². The van der Waals surface area contributed by atoms with Crippen LogP contribution in [0.25, 0.3) is 10.8 Å². The molecule has 0 spiro atoms. The fraction of sp³-hybridized carbons (Fsp3) is 0. The summed E-state index contributed by atoms with van der Waals surface area (Å²) in [7, 11) is -14.6. The van der Waals surface area contributed by atoms with Crippen LogP contribution >= 0.6 is 0 Å². The molecule has 0 aliphatic heterocycles. The van der Waals surface area contributed by atoms with Crippen molar-refractivity contribution < 1.29 is 38.9 Å². The molecule has 5 N–H and O–H groups in total. The van der Waals surface area contributed by atoms with Crippen molar-refractivity contribution in [1.82, 2.24) is 0 Å². The maximum atomic E-state index is 11.4. The van der Waals surface area contributed by atoms with Crippen LogP contribution in [-0.2, 0) is 30.4 Å². The molecule has 0 aromatic heterocycles. The lowest BCUT2D eigenvalue weighted by atomic mass is 10.1. The molecule has 2 aromatic rings. The highest BCUT2D eigenvalue weighted by molar-refractivity contribution is 7.87. The second-order valence-electron chi connectivity index (χ2n) is 4.46. The Hall–Kier alpha value is -1.77. The van der Waals surface area contributed by atoms with E-state index in [1.54, 1.807) is 0 Å². The molecule has 126 valence electrons. The van der Waals surface area contributed by atoms with Crippen LogP contribution in [0.2, 0.25) is 0 Å². The molecule has 10 nitrogen and oxygen atoms in total. The summed E-state index contributed by atoms with van der Waals surface area (Å²) in [5.41, 5.74) is 4.94. The summed E-state index contributed by atoms with van der Waals surface area (Å²) >= 11 is 0. The van der Waals surface area contributed by atoms with Gasteiger partial charge in [0.15, 0.2) is 0 Å². The van der Waals surface area contributed by atoms with Crippen molar-refractivity contribution in [2.45, 2.75) is 14.7 Å². The fourth-order valence-electron chi connectivity index (χ4n) is 1.93. The third-order valence-electron chi connectivity index (χ3n) is 2.87. The van der Waals surface area contributed by atoms with Crippen LogP contribution in [0.3, 0.4) is 0 Å². The largest absolute Gasteiger partial charge is 0.398 e. The number of fused-ring (bicyclic) bond motifs is 1. The molecule has 13 heteroatoms. The van der Waals surface area contributed by atoms with Crippen molar-refractivity contribution >= 4 is 46.8 Å². The first-order valence-electron chi connectivity index (χ1n) is 5.51. The van der Waals surface area contributed by atoms with Gasteiger partial charge in [-0.1, -0.05) is 0 Å². The van der Waals surface area contributed by atoms with E-state index >= 15 is 0 Å². The molecule has 23 heavy (non-hydrogen) atoms. The number of benzene rings is 2. The first-order valence-corrected chi connectivity index (χ1v) is 9.83. The van der Waals surface area contributed by atoms with Gasteiger partial charge in [0, 0.05) is 5.39 Å². The average molecular weight is 383 g/mol. The zero-order chi connectivity index (χ0) is 17.8. The van der Waals surface area contributed by atoms with Crippen molar-refractivity contribution in [3.8, 4) is 0 Å². The Morgan fingerprint density at radius 3 is 1.65 bits per heavy atom. The SMILES string of the molecule is Nc1cc2cc(S(=O)(=O)O)cc(S(=O)(=O)O)c2cc1S(=O)(=O)O. The van der Waals surface area contributed by atoms with Crippen LogP contribution in [0, 0.1) is 0 Å². The predicted molar refractivity (Wildman–Crippen MR) is 77.8 cm³/mol. The van der Waals surface area contributed by atoms with Crippen molar-refractivity contribution in [2.24, 2.45) is 0 Å². The van der Waals surface area contributed by atoms with E-state index in [-0.39, 0.29) is 5.39 Å². The lowest BCUT2D eigenvalue weighted by Crippen LogP contribution is -2.07. The monoisotopic (exact) mass is 383 g/mol. The molecule has 0 radical (unpaired) electrons. The van der Waals surface area contributed by atoms with Crippen molar-refractivity contribution in [3.05, 3.63) is 24.3 Å². The quantitative estimate of drug-likeness (QED) is 0.419. The Labute approximate surface area is 130 Å². The first kappa shape index (κ1) is 17.6. The van der Waals surface area contributed by atoms with Gasteiger partial charge in [0.25, 0.3) is 30.4 Å². The smallest absolute Gasteiger partial charge is 0.296 e. The molecular formula is C10H9NO9S3. The maximum Gasteiger partial charge on any atom is 0.296 e. The minimum Gasteiger partial charge on any atom is -0.398 e. The highest BCUT2D eigenvalue weighted by Crippen LogP contribution is 2.32. The number of nitrogens with two attached hydrogens (primary N) is 1. The molecule has 0 aliphatic carbocycles.